The number of hydrogen-bond donors (Lipinski definition) is 1. The third-order valence-electron chi connectivity index (χ3n) is 3.08. The van der Waals surface area contributed by atoms with Crippen molar-refractivity contribution in [1.82, 2.24) is 4.98 Å². The molecule has 0 radical (unpaired) electrons. The number of anilines is 1. The van der Waals surface area contributed by atoms with E-state index in [1.165, 1.54) is 17.8 Å². The maximum atomic E-state index is 9.17. The van der Waals surface area contributed by atoms with Gasteiger partial charge in [0.2, 0.25) is 5.88 Å². The minimum absolute atomic E-state index is 0.149. The Morgan fingerprint density at radius 3 is 2.86 bits per heavy atom. The van der Waals surface area contributed by atoms with Crippen LogP contribution in [0.2, 0.25) is 0 Å². The van der Waals surface area contributed by atoms with E-state index in [1.807, 2.05) is 0 Å². The van der Waals surface area contributed by atoms with Crippen LogP contribution >= 0.6 is 11.3 Å². The molecule has 2 atom stereocenters. The third-order valence-corrected chi connectivity index (χ3v) is 3.97. The molecule has 14 heavy (non-hydrogen) atoms. The fourth-order valence-corrected chi connectivity index (χ4v) is 2.56. The summed E-state index contributed by atoms with van der Waals surface area (Å²) in [5, 5.41) is 11.8. The summed E-state index contributed by atoms with van der Waals surface area (Å²) < 4.78 is 0. The highest BCUT2D eigenvalue weighted by atomic mass is 32.1. The van der Waals surface area contributed by atoms with E-state index in [-0.39, 0.29) is 5.88 Å². The van der Waals surface area contributed by atoms with Crippen LogP contribution in [0.25, 0.3) is 0 Å². The molecule has 1 aromatic heterocycles. The maximum Gasteiger partial charge on any atom is 0.223 e. The lowest BCUT2D eigenvalue weighted by Gasteiger charge is -2.34. The lowest BCUT2D eigenvalue weighted by molar-refractivity contribution is 0.323. The van der Waals surface area contributed by atoms with Gasteiger partial charge in [0.1, 0.15) is 0 Å². The van der Waals surface area contributed by atoms with E-state index in [4.69, 9.17) is 0 Å². The van der Waals surface area contributed by atoms with Crippen LogP contribution in [-0.2, 0) is 0 Å². The second-order valence-electron chi connectivity index (χ2n) is 4.18. The Morgan fingerprint density at radius 1 is 1.50 bits per heavy atom. The molecule has 1 aliphatic rings. The van der Waals surface area contributed by atoms with Gasteiger partial charge in [-0.2, -0.15) is 4.98 Å². The van der Waals surface area contributed by atoms with Gasteiger partial charge in [-0.1, -0.05) is 13.8 Å². The molecule has 0 aromatic carbocycles. The van der Waals surface area contributed by atoms with Crippen LogP contribution in [0.15, 0.2) is 5.38 Å². The van der Waals surface area contributed by atoms with Gasteiger partial charge in [-0.25, -0.2) is 0 Å². The van der Waals surface area contributed by atoms with E-state index in [1.54, 1.807) is 5.38 Å². The zero-order valence-electron chi connectivity index (χ0n) is 8.60. The number of aromatic hydroxyl groups is 1. The Labute approximate surface area is 88.4 Å². The second-order valence-corrected chi connectivity index (χ2v) is 5.01. The summed E-state index contributed by atoms with van der Waals surface area (Å²) in [5.74, 6) is 1.67. The zero-order valence-corrected chi connectivity index (χ0v) is 9.42. The minimum atomic E-state index is 0.149. The summed E-state index contributed by atoms with van der Waals surface area (Å²) in [6, 6.07) is 0. The lowest BCUT2D eigenvalue weighted by atomic mass is 9.89. The Hall–Kier alpha value is -0.770. The molecule has 1 aromatic rings. The summed E-state index contributed by atoms with van der Waals surface area (Å²) in [6.45, 7) is 6.72. The van der Waals surface area contributed by atoms with Crippen molar-refractivity contribution in [2.75, 3.05) is 18.0 Å². The van der Waals surface area contributed by atoms with Crippen LogP contribution in [0.4, 0.5) is 5.13 Å². The van der Waals surface area contributed by atoms with Crippen molar-refractivity contribution in [1.29, 1.82) is 0 Å². The van der Waals surface area contributed by atoms with E-state index in [2.05, 4.69) is 23.7 Å². The first-order chi connectivity index (χ1) is 6.66. The number of rotatable bonds is 1. The molecule has 0 bridgehead atoms. The van der Waals surface area contributed by atoms with E-state index < -0.39 is 0 Å². The fraction of sp³-hybridized carbons (Fsp3) is 0.700. The highest BCUT2D eigenvalue weighted by molar-refractivity contribution is 7.13. The molecule has 78 valence electrons. The molecule has 3 nitrogen and oxygen atoms in total. The first kappa shape index (κ1) is 9.77. The topological polar surface area (TPSA) is 36.4 Å². The zero-order chi connectivity index (χ0) is 10.1. The van der Waals surface area contributed by atoms with E-state index in [0.29, 0.717) is 0 Å². The third kappa shape index (κ3) is 1.85. The summed E-state index contributed by atoms with van der Waals surface area (Å²) in [5.41, 5.74) is 0. The summed E-state index contributed by atoms with van der Waals surface area (Å²) >= 11 is 1.52. The van der Waals surface area contributed by atoms with Gasteiger partial charge in [0, 0.05) is 13.1 Å². The van der Waals surface area contributed by atoms with Crippen LogP contribution in [0.3, 0.4) is 0 Å². The highest BCUT2D eigenvalue weighted by Gasteiger charge is 2.24. The van der Waals surface area contributed by atoms with Crippen molar-refractivity contribution in [3.63, 3.8) is 0 Å². The van der Waals surface area contributed by atoms with Crippen molar-refractivity contribution in [3.05, 3.63) is 5.38 Å². The number of piperidine rings is 1. The molecular weight excluding hydrogens is 196 g/mol. The van der Waals surface area contributed by atoms with Gasteiger partial charge >= 0.3 is 0 Å². The van der Waals surface area contributed by atoms with Crippen molar-refractivity contribution in [2.45, 2.75) is 20.3 Å². The van der Waals surface area contributed by atoms with Gasteiger partial charge in [-0.15, -0.1) is 11.3 Å². The van der Waals surface area contributed by atoms with Gasteiger partial charge in [0.15, 0.2) is 5.13 Å². The SMILES string of the molecule is CC1CCN(c2nc(O)cs2)CC1C. The molecular formula is C10H16N2OS. The Kier molecular flexibility index (Phi) is 2.63. The number of thiazole rings is 1. The second kappa shape index (κ2) is 3.77. The first-order valence-corrected chi connectivity index (χ1v) is 5.94. The average molecular weight is 212 g/mol. The van der Waals surface area contributed by atoms with Gasteiger partial charge in [0.05, 0.1) is 5.38 Å². The van der Waals surface area contributed by atoms with Crippen LogP contribution in [0.5, 0.6) is 5.88 Å². The molecule has 0 amide bonds. The maximum absolute atomic E-state index is 9.17. The molecule has 2 unspecified atom stereocenters. The largest absolute Gasteiger partial charge is 0.493 e. The monoisotopic (exact) mass is 212 g/mol. The van der Waals surface area contributed by atoms with Gasteiger partial charge in [0.25, 0.3) is 0 Å². The van der Waals surface area contributed by atoms with Crippen LogP contribution in [0.1, 0.15) is 20.3 Å². The van der Waals surface area contributed by atoms with Crippen LogP contribution in [-0.4, -0.2) is 23.2 Å². The Bertz CT molecular complexity index is 313. The molecule has 4 heteroatoms. The molecule has 1 fully saturated rings. The van der Waals surface area contributed by atoms with E-state index in [9.17, 15) is 5.11 Å². The quantitative estimate of drug-likeness (QED) is 0.776. The highest BCUT2D eigenvalue weighted by Crippen LogP contribution is 2.30. The van der Waals surface area contributed by atoms with Gasteiger partial charge < -0.3 is 10.0 Å². The average Bonchev–Trinajstić information content (AvgIpc) is 2.57. The summed E-state index contributed by atoms with van der Waals surface area (Å²) in [7, 11) is 0. The summed E-state index contributed by atoms with van der Waals surface area (Å²) in [4.78, 5) is 6.37. The molecule has 0 spiro atoms. The van der Waals surface area contributed by atoms with Gasteiger partial charge in [-0.3, -0.25) is 0 Å². The smallest absolute Gasteiger partial charge is 0.223 e. The minimum Gasteiger partial charge on any atom is -0.493 e. The van der Waals surface area contributed by atoms with Crippen LogP contribution < -0.4 is 4.90 Å². The van der Waals surface area contributed by atoms with Crippen LogP contribution in [0, 0.1) is 11.8 Å². The van der Waals surface area contributed by atoms with Gasteiger partial charge in [-0.05, 0) is 18.3 Å². The molecule has 0 aliphatic carbocycles. The molecule has 2 heterocycles. The normalized spacial score (nSPS) is 28.0. The van der Waals surface area contributed by atoms with Crippen molar-refractivity contribution in [3.8, 4) is 5.88 Å². The summed E-state index contributed by atoms with van der Waals surface area (Å²) in [6.07, 6.45) is 1.22. The Morgan fingerprint density at radius 2 is 2.29 bits per heavy atom. The van der Waals surface area contributed by atoms with E-state index >= 15 is 0 Å². The van der Waals surface area contributed by atoms with E-state index in [0.717, 1.165) is 30.1 Å². The van der Waals surface area contributed by atoms with Crippen molar-refractivity contribution >= 4 is 16.5 Å². The number of nitrogens with zero attached hydrogens (tertiary/aromatic N) is 2. The van der Waals surface area contributed by atoms with Crippen molar-refractivity contribution < 1.29 is 5.11 Å². The molecule has 1 N–H and O–H groups in total. The standard InChI is InChI=1S/C10H16N2OS/c1-7-3-4-12(5-8(7)2)10-11-9(13)6-14-10/h6-8,13H,3-5H2,1-2H3. The molecule has 1 saturated heterocycles. The first-order valence-electron chi connectivity index (χ1n) is 5.06. The predicted molar refractivity (Wildman–Crippen MR) is 58.9 cm³/mol. The molecule has 0 saturated carbocycles. The lowest BCUT2D eigenvalue weighted by Crippen LogP contribution is -2.38. The van der Waals surface area contributed by atoms with Crippen molar-refractivity contribution in [2.24, 2.45) is 11.8 Å². The fourth-order valence-electron chi connectivity index (χ4n) is 1.84. The number of hydrogen-bond acceptors (Lipinski definition) is 4. The molecule has 1 aliphatic heterocycles. The predicted octanol–water partition coefficient (Wildman–Crippen LogP) is 2.33. The Balaban J connectivity index is 2.06. The number of aromatic nitrogens is 1. The molecule has 2 rings (SSSR count).